The molecule has 0 radical (unpaired) electrons. The summed E-state index contributed by atoms with van der Waals surface area (Å²) in [6.07, 6.45) is 0. The van der Waals surface area contributed by atoms with E-state index in [4.69, 9.17) is 14.2 Å². The average Bonchev–Trinajstić information content (AvgIpc) is 2.66. The van der Waals surface area contributed by atoms with Crippen molar-refractivity contribution in [1.29, 1.82) is 0 Å². The maximum atomic E-state index is 12.5. The number of amides is 1. The molecule has 1 unspecified atom stereocenters. The maximum Gasteiger partial charge on any atom is 0.341 e. The highest BCUT2D eigenvalue weighted by molar-refractivity contribution is 5.97. The summed E-state index contributed by atoms with van der Waals surface area (Å²) in [5.74, 6) is -1.28. The Labute approximate surface area is 156 Å². The number of nitrogens with one attached hydrogen (secondary N) is 1. The standard InChI is InChI=1S/C17H23N3O7/c1-12(10-25-2)18-16(21)11-27-17(22)14-9-13(20(23)24)3-4-15(14)19-5-7-26-8-6-19/h3-4,9,12H,5-8,10-11H2,1-2H3,(H,18,21). The van der Waals surface area contributed by atoms with Crippen molar-refractivity contribution in [2.45, 2.75) is 13.0 Å². The van der Waals surface area contributed by atoms with Gasteiger partial charge in [0.1, 0.15) is 0 Å². The van der Waals surface area contributed by atoms with Crippen LogP contribution < -0.4 is 10.2 Å². The highest BCUT2D eigenvalue weighted by Crippen LogP contribution is 2.27. The zero-order valence-electron chi connectivity index (χ0n) is 15.3. The number of benzene rings is 1. The number of methoxy groups -OCH3 is 1. The minimum Gasteiger partial charge on any atom is -0.452 e. The number of nitro groups is 1. The third-order valence-corrected chi connectivity index (χ3v) is 3.92. The third kappa shape index (κ3) is 5.90. The maximum absolute atomic E-state index is 12.5. The van der Waals surface area contributed by atoms with E-state index in [2.05, 4.69) is 5.32 Å². The number of hydrogen-bond acceptors (Lipinski definition) is 8. The Morgan fingerprint density at radius 2 is 2.07 bits per heavy atom. The lowest BCUT2D eigenvalue weighted by atomic mass is 10.1. The van der Waals surface area contributed by atoms with Crippen LogP contribution in [0.5, 0.6) is 0 Å². The van der Waals surface area contributed by atoms with E-state index < -0.39 is 23.4 Å². The first-order valence-corrected chi connectivity index (χ1v) is 8.49. The van der Waals surface area contributed by atoms with Gasteiger partial charge in [0.2, 0.25) is 0 Å². The fourth-order valence-corrected chi connectivity index (χ4v) is 2.70. The summed E-state index contributed by atoms with van der Waals surface area (Å²) in [6.45, 7) is 3.67. The van der Waals surface area contributed by atoms with Crippen LogP contribution in [-0.4, -0.2) is 69.5 Å². The lowest BCUT2D eigenvalue weighted by Crippen LogP contribution is -2.39. The third-order valence-electron chi connectivity index (χ3n) is 3.92. The molecule has 1 saturated heterocycles. The van der Waals surface area contributed by atoms with Gasteiger partial charge in [-0.2, -0.15) is 0 Å². The average molecular weight is 381 g/mol. The summed E-state index contributed by atoms with van der Waals surface area (Å²) in [4.78, 5) is 36.7. The summed E-state index contributed by atoms with van der Waals surface area (Å²) in [7, 11) is 1.51. The summed E-state index contributed by atoms with van der Waals surface area (Å²) in [5, 5.41) is 13.7. The summed E-state index contributed by atoms with van der Waals surface area (Å²) in [5.41, 5.74) is 0.336. The van der Waals surface area contributed by atoms with Crippen molar-refractivity contribution in [2.75, 3.05) is 51.5 Å². The van der Waals surface area contributed by atoms with Crippen LogP contribution in [0.1, 0.15) is 17.3 Å². The van der Waals surface area contributed by atoms with Crippen LogP contribution in [0, 0.1) is 10.1 Å². The van der Waals surface area contributed by atoms with Crippen LogP contribution in [0.25, 0.3) is 0 Å². The molecule has 1 amide bonds. The van der Waals surface area contributed by atoms with E-state index in [1.165, 1.54) is 25.3 Å². The van der Waals surface area contributed by atoms with E-state index in [0.29, 0.717) is 38.6 Å². The van der Waals surface area contributed by atoms with Gasteiger partial charge in [-0.3, -0.25) is 14.9 Å². The van der Waals surface area contributed by atoms with Crippen LogP contribution in [-0.2, 0) is 19.0 Å². The molecule has 0 aliphatic carbocycles. The van der Waals surface area contributed by atoms with Crippen molar-refractivity contribution in [1.82, 2.24) is 5.32 Å². The molecule has 0 aromatic heterocycles. The highest BCUT2D eigenvalue weighted by atomic mass is 16.6. The van der Waals surface area contributed by atoms with Crippen molar-refractivity contribution in [3.05, 3.63) is 33.9 Å². The van der Waals surface area contributed by atoms with Gasteiger partial charge < -0.3 is 24.4 Å². The Morgan fingerprint density at radius 1 is 1.37 bits per heavy atom. The minimum absolute atomic E-state index is 0.0452. The second kappa shape index (κ2) is 9.83. The van der Waals surface area contributed by atoms with E-state index in [0.717, 1.165) is 0 Å². The number of anilines is 1. The normalized spacial score (nSPS) is 15.1. The molecule has 1 aliphatic rings. The lowest BCUT2D eigenvalue weighted by molar-refractivity contribution is -0.384. The van der Waals surface area contributed by atoms with Gasteiger partial charge >= 0.3 is 5.97 Å². The predicted molar refractivity (Wildman–Crippen MR) is 95.9 cm³/mol. The molecule has 1 fully saturated rings. The van der Waals surface area contributed by atoms with Crippen LogP contribution in [0.2, 0.25) is 0 Å². The first-order chi connectivity index (χ1) is 12.9. The van der Waals surface area contributed by atoms with Crippen LogP contribution >= 0.6 is 0 Å². The highest BCUT2D eigenvalue weighted by Gasteiger charge is 2.23. The monoisotopic (exact) mass is 381 g/mol. The predicted octanol–water partition coefficient (Wildman–Crippen LogP) is 0.739. The molecular weight excluding hydrogens is 358 g/mol. The summed E-state index contributed by atoms with van der Waals surface area (Å²) >= 11 is 0. The van der Waals surface area contributed by atoms with Gasteiger partial charge in [0.05, 0.1) is 36.0 Å². The molecule has 1 aromatic carbocycles. The Hall–Kier alpha value is -2.72. The second-order valence-corrected chi connectivity index (χ2v) is 6.06. The molecular formula is C17H23N3O7. The first kappa shape index (κ1) is 20.6. The van der Waals surface area contributed by atoms with Gasteiger partial charge in [0.25, 0.3) is 11.6 Å². The number of non-ortho nitro benzene ring substituents is 1. The summed E-state index contributed by atoms with van der Waals surface area (Å²) < 4.78 is 15.3. The van der Waals surface area contributed by atoms with Crippen molar-refractivity contribution in [2.24, 2.45) is 0 Å². The van der Waals surface area contributed by atoms with Gasteiger partial charge in [-0.05, 0) is 13.0 Å². The van der Waals surface area contributed by atoms with Crippen molar-refractivity contribution >= 4 is 23.3 Å². The van der Waals surface area contributed by atoms with Crippen molar-refractivity contribution < 1.29 is 28.7 Å². The number of nitro benzene ring substituents is 1. The number of morpholine rings is 1. The van der Waals surface area contributed by atoms with Crippen molar-refractivity contribution in [3.8, 4) is 0 Å². The number of ether oxygens (including phenoxy) is 3. The Morgan fingerprint density at radius 3 is 2.70 bits per heavy atom. The van der Waals surface area contributed by atoms with E-state index in [9.17, 15) is 19.7 Å². The lowest BCUT2D eigenvalue weighted by Gasteiger charge is -2.30. The molecule has 1 aromatic rings. The van der Waals surface area contributed by atoms with Gasteiger partial charge in [0, 0.05) is 38.4 Å². The van der Waals surface area contributed by atoms with Gasteiger partial charge in [0.15, 0.2) is 6.61 Å². The molecule has 2 rings (SSSR count). The second-order valence-electron chi connectivity index (χ2n) is 6.06. The first-order valence-electron chi connectivity index (χ1n) is 8.49. The number of nitrogens with zero attached hydrogens (tertiary/aromatic N) is 2. The fraction of sp³-hybridized carbons (Fsp3) is 0.529. The number of carbonyl (C=O) groups is 2. The van der Waals surface area contributed by atoms with E-state index in [1.54, 1.807) is 6.92 Å². The quantitative estimate of drug-likeness (QED) is 0.398. The van der Waals surface area contributed by atoms with Crippen LogP contribution in [0.4, 0.5) is 11.4 Å². The van der Waals surface area contributed by atoms with Gasteiger partial charge in [-0.15, -0.1) is 0 Å². The van der Waals surface area contributed by atoms with E-state index >= 15 is 0 Å². The van der Waals surface area contributed by atoms with Crippen LogP contribution in [0.15, 0.2) is 18.2 Å². The van der Waals surface area contributed by atoms with Gasteiger partial charge in [-0.25, -0.2) is 4.79 Å². The van der Waals surface area contributed by atoms with Crippen molar-refractivity contribution in [3.63, 3.8) is 0 Å². The molecule has 148 valence electrons. The topological polar surface area (TPSA) is 120 Å². The SMILES string of the molecule is COCC(C)NC(=O)COC(=O)c1cc([N+](=O)[O-])ccc1N1CCOCC1. The number of hydrogen-bond donors (Lipinski definition) is 1. The number of rotatable bonds is 8. The molecule has 10 nitrogen and oxygen atoms in total. The zero-order valence-corrected chi connectivity index (χ0v) is 15.3. The molecule has 1 heterocycles. The molecule has 27 heavy (non-hydrogen) atoms. The minimum atomic E-state index is -0.797. The number of carbonyl (C=O) groups excluding carboxylic acids is 2. The molecule has 0 saturated carbocycles. The molecule has 10 heteroatoms. The van der Waals surface area contributed by atoms with E-state index in [-0.39, 0.29) is 17.3 Å². The van der Waals surface area contributed by atoms with Crippen LogP contribution in [0.3, 0.4) is 0 Å². The molecule has 0 bridgehead atoms. The Bertz CT molecular complexity index is 689. The fourth-order valence-electron chi connectivity index (χ4n) is 2.70. The smallest absolute Gasteiger partial charge is 0.341 e. The summed E-state index contributed by atoms with van der Waals surface area (Å²) in [6, 6.07) is 3.78. The molecule has 1 N–H and O–H groups in total. The largest absolute Gasteiger partial charge is 0.452 e. The molecule has 1 aliphatic heterocycles. The number of esters is 1. The molecule has 0 spiro atoms. The van der Waals surface area contributed by atoms with E-state index in [1.807, 2.05) is 4.90 Å². The molecule has 1 atom stereocenters. The van der Waals surface area contributed by atoms with Gasteiger partial charge in [-0.1, -0.05) is 0 Å². The Kier molecular flexibility index (Phi) is 7.50. The Balaban J connectivity index is 2.11. The zero-order chi connectivity index (χ0) is 19.8.